The molecule has 0 aliphatic heterocycles. The van der Waals surface area contributed by atoms with Crippen LogP contribution in [0, 0.1) is 5.95 Å². The largest absolute Gasteiger partial charge is 0.214 e. The van der Waals surface area contributed by atoms with E-state index in [1.165, 1.54) is 6.07 Å². The molecular formula is C9H11ClFN. The second-order valence-corrected chi connectivity index (χ2v) is 4.08. The summed E-state index contributed by atoms with van der Waals surface area (Å²) in [6, 6.07) is 3.00. The highest BCUT2D eigenvalue weighted by Gasteiger charge is 2.18. The molecule has 0 saturated carbocycles. The molecule has 0 aliphatic rings. The Morgan fingerprint density at radius 3 is 2.33 bits per heavy atom. The van der Waals surface area contributed by atoms with Gasteiger partial charge in [0.25, 0.3) is 0 Å². The highest BCUT2D eigenvalue weighted by Crippen LogP contribution is 2.27. The maximum Gasteiger partial charge on any atom is 0.214 e. The van der Waals surface area contributed by atoms with E-state index < -0.39 is 5.95 Å². The lowest BCUT2D eigenvalue weighted by Crippen LogP contribution is -2.12. The number of nitrogens with zero attached hydrogens (tertiary/aromatic N) is 1. The van der Waals surface area contributed by atoms with Crippen LogP contribution in [-0.4, -0.2) is 4.98 Å². The van der Waals surface area contributed by atoms with Crippen molar-refractivity contribution >= 4 is 11.6 Å². The van der Waals surface area contributed by atoms with Gasteiger partial charge in [0.05, 0.1) is 0 Å². The third-order valence-electron chi connectivity index (χ3n) is 1.62. The van der Waals surface area contributed by atoms with Crippen LogP contribution in [0.3, 0.4) is 0 Å². The molecule has 1 rings (SSSR count). The van der Waals surface area contributed by atoms with E-state index in [1.807, 2.05) is 20.8 Å². The molecular weight excluding hydrogens is 177 g/mol. The highest BCUT2D eigenvalue weighted by molar-refractivity contribution is 6.30. The van der Waals surface area contributed by atoms with Crippen LogP contribution in [0.15, 0.2) is 12.1 Å². The van der Waals surface area contributed by atoms with Gasteiger partial charge >= 0.3 is 0 Å². The van der Waals surface area contributed by atoms with Gasteiger partial charge in [0.15, 0.2) is 0 Å². The Labute approximate surface area is 76.6 Å². The average Bonchev–Trinajstić information content (AvgIpc) is 1.83. The summed E-state index contributed by atoms with van der Waals surface area (Å²) in [4.78, 5) is 3.54. The second-order valence-electron chi connectivity index (χ2n) is 3.72. The van der Waals surface area contributed by atoms with E-state index in [9.17, 15) is 4.39 Å². The first-order chi connectivity index (χ1) is 5.41. The zero-order valence-electron chi connectivity index (χ0n) is 7.36. The second kappa shape index (κ2) is 3.02. The fraction of sp³-hybridized carbons (Fsp3) is 0.444. The molecule has 0 amide bonds. The van der Waals surface area contributed by atoms with E-state index in [2.05, 4.69) is 4.98 Å². The molecule has 0 atom stereocenters. The zero-order valence-corrected chi connectivity index (χ0v) is 8.11. The van der Waals surface area contributed by atoms with Crippen molar-refractivity contribution in [2.24, 2.45) is 0 Å². The zero-order chi connectivity index (χ0) is 9.35. The van der Waals surface area contributed by atoms with Gasteiger partial charge in [-0.05, 0) is 17.0 Å². The summed E-state index contributed by atoms with van der Waals surface area (Å²) >= 11 is 5.76. The first kappa shape index (κ1) is 9.46. The fourth-order valence-corrected chi connectivity index (χ4v) is 1.40. The van der Waals surface area contributed by atoms with E-state index in [0.29, 0.717) is 0 Å². The number of pyridine rings is 1. The predicted molar refractivity (Wildman–Crippen MR) is 47.9 cm³/mol. The van der Waals surface area contributed by atoms with E-state index in [1.54, 1.807) is 6.07 Å². The quantitative estimate of drug-likeness (QED) is 0.569. The van der Waals surface area contributed by atoms with E-state index >= 15 is 0 Å². The minimum Gasteiger partial charge on any atom is -0.208 e. The first-order valence-corrected chi connectivity index (χ1v) is 4.11. The highest BCUT2D eigenvalue weighted by atomic mass is 35.5. The lowest BCUT2D eigenvalue weighted by Gasteiger charge is -2.19. The van der Waals surface area contributed by atoms with Crippen molar-refractivity contribution in [3.05, 3.63) is 28.8 Å². The predicted octanol–water partition coefficient (Wildman–Crippen LogP) is 3.17. The molecule has 12 heavy (non-hydrogen) atoms. The molecule has 1 heterocycles. The van der Waals surface area contributed by atoms with Crippen molar-refractivity contribution in [3.8, 4) is 0 Å². The van der Waals surface area contributed by atoms with Gasteiger partial charge in [0.2, 0.25) is 5.95 Å². The number of hydrogen-bond donors (Lipinski definition) is 0. The molecule has 0 spiro atoms. The van der Waals surface area contributed by atoms with Gasteiger partial charge in [-0.2, -0.15) is 4.39 Å². The number of aromatic nitrogens is 1. The van der Waals surface area contributed by atoms with Crippen LogP contribution in [0.2, 0.25) is 5.15 Å². The summed E-state index contributed by atoms with van der Waals surface area (Å²) in [6.07, 6.45) is 0. The normalized spacial score (nSPS) is 11.8. The van der Waals surface area contributed by atoms with E-state index in [4.69, 9.17) is 11.6 Å². The molecule has 0 N–H and O–H groups in total. The summed E-state index contributed by atoms with van der Waals surface area (Å²) in [5.41, 5.74) is 0.781. The molecule has 3 heteroatoms. The van der Waals surface area contributed by atoms with Gasteiger partial charge < -0.3 is 0 Å². The molecule has 0 radical (unpaired) electrons. The number of halogens is 2. The van der Waals surface area contributed by atoms with Crippen molar-refractivity contribution in [2.75, 3.05) is 0 Å². The van der Waals surface area contributed by atoms with E-state index in [-0.39, 0.29) is 10.6 Å². The Morgan fingerprint density at radius 1 is 1.33 bits per heavy atom. The molecule has 0 aliphatic carbocycles. The summed E-state index contributed by atoms with van der Waals surface area (Å²) in [6.45, 7) is 6.02. The maximum atomic E-state index is 12.5. The minimum atomic E-state index is -0.534. The van der Waals surface area contributed by atoms with Crippen LogP contribution in [0.5, 0.6) is 0 Å². The van der Waals surface area contributed by atoms with Gasteiger partial charge in [-0.25, -0.2) is 4.98 Å². The van der Waals surface area contributed by atoms with Crippen molar-refractivity contribution in [2.45, 2.75) is 26.2 Å². The van der Waals surface area contributed by atoms with E-state index in [0.717, 1.165) is 5.56 Å². The van der Waals surface area contributed by atoms with Crippen LogP contribution in [0.25, 0.3) is 0 Å². The summed E-state index contributed by atoms with van der Waals surface area (Å²) < 4.78 is 12.5. The SMILES string of the molecule is CC(C)(C)c1ccc(F)nc1Cl. The van der Waals surface area contributed by atoms with Crippen molar-refractivity contribution in [1.82, 2.24) is 4.98 Å². The molecule has 0 aromatic carbocycles. The van der Waals surface area contributed by atoms with Crippen molar-refractivity contribution < 1.29 is 4.39 Å². The molecule has 0 saturated heterocycles. The van der Waals surface area contributed by atoms with Gasteiger partial charge in [-0.3, -0.25) is 0 Å². The Balaban J connectivity index is 3.19. The maximum absolute atomic E-state index is 12.5. The van der Waals surface area contributed by atoms with Crippen molar-refractivity contribution in [1.29, 1.82) is 0 Å². The van der Waals surface area contributed by atoms with Gasteiger partial charge in [0, 0.05) is 0 Å². The molecule has 1 aromatic rings. The smallest absolute Gasteiger partial charge is 0.208 e. The molecule has 0 bridgehead atoms. The summed E-state index contributed by atoms with van der Waals surface area (Å²) in [5.74, 6) is -0.534. The van der Waals surface area contributed by atoms with Gasteiger partial charge in [0.1, 0.15) is 5.15 Å². The Hall–Kier alpha value is -0.630. The number of rotatable bonds is 0. The molecule has 0 unspecified atom stereocenters. The van der Waals surface area contributed by atoms with Gasteiger partial charge in [-0.1, -0.05) is 38.4 Å². The average molecular weight is 188 g/mol. The minimum absolute atomic E-state index is 0.0855. The van der Waals surface area contributed by atoms with Crippen LogP contribution >= 0.6 is 11.6 Å². The van der Waals surface area contributed by atoms with Crippen LogP contribution < -0.4 is 0 Å². The van der Waals surface area contributed by atoms with Crippen LogP contribution in [0.1, 0.15) is 26.3 Å². The molecule has 0 fully saturated rings. The van der Waals surface area contributed by atoms with Crippen LogP contribution in [-0.2, 0) is 5.41 Å². The van der Waals surface area contributed by atoms with Crippen molar-refractivity contribution in [3.63, 3.8) is 0 Å². The molecule has 1 aromatic heterocycles. The summed E-state index contributed by atoms with van der Waals surface area (Å²) in [7, 11) is 0. The third-order valence-corrected chi connectivity index (χ3v) is 1.91. The Kier molecular flexibility index (Phi) is 2.38. The Morgan fingerprint density at radius 2 is 1.92 bits per heavy atom. The topological polar surface area (TPSA) is 12.9 Å². The monoisotopic (exact) mass is 187 g/mol. The standard InChI is InChI=1S/C9H11ClFN/c1-9(2,3)6-4-5-7(11)12-8(6)10/h4-5H,1-3H3. The fourth-order valence-electron chi connectivity index (χ4n) is 0.972. The lowest BCUT2D eigenvalue weighted by molar-refractivity contribution is 0.559. The van der Waals surface area contributed by atoms with Gasteiger partial charge in [-0.15, -0.1) is 0 Å². The molecule has 66 valence electrons. The third kappa shape index (κ3) is 1.95. The van der Waals surface area contributed by atoms with Crippen LogP contribution in [0.4, 0.5) is 4.39 Å². The first-order valence-electron chi connectivity index (χ1n) is 3.74. The molecule has 1 nitrogen and oxygen atoms in total. The lowest BCUT2D eigenvalue weighted by atomic mass is 9.88. The Bertz CT molecular complexity index is 291. The number of hydrogen-bond acceptors (Lipinski definition) is 1. The summed E-state index contributed by atoms with van der Waals surface area (Å²) in [5, 5.41) is 0.252.